The maximum absolute atomic E-state index is 11.2. The van der Waals surface area contributed by atoms with Gasteiger partial charge in [0.25, 0.3) is 0 Å². The van der Waals surface area contributed by atoms with Crippen LogP contribution in [0.15, 0.2) is 0 Å². The highest BCUT2D eigenvalue weighted by Gasteiger charge is 2.48. The van der Waals surface area contributed by atoms with E-state index in [2.05, 4.69) is 17.1 Å². The monoisotopic (exact) mass is 527 g/mol. The fraction of sp³-hybridized carbons (Fsp3) is 1.00. The topological polar surface area (TPSA) is 130 Å². The summed E-state index contributed by atoms with van der Waals surface area (Å²) in [5.74, 6) is -0.791. The molecule has 1 aliphatic heterocycles. The van der Waals surface area contributed by atoms with Crippen LogP contribution in [-0.2, 0) is 14.2 Å². The highest BCUT2D eigenvalue weighted by Crippen LogP contribution is 2.29. The third-order valence-electron chi connectivity index (χ3n) is 6.96. The average Bonchev–Trinajstić information content (AvgIpc) is 2.96. The normalized spacial score (nSPS) is 25.1. The Balaban J connectivity index is 3.26. The molecule has 210 valence electrons. The number of nitrogens with one attached hydrogen (secondary N) is 1. The minimum Gasteiger partial charge on any atom is -0.394 e. The fourth-order valence-corrected chi connectivity index (χ4v) is 5.06. The molecular formula is C24H52ClN4O6+. The van der Waals surface area contributed by atoms with E-state index in [1.807, 2.05) is 27.7 Å². The van der Waals surface area contributed by atoms with Gasteiger partial charge in [0.1, 0.15) is 18.8 Å². The van der Waals surface area contributed by atoms with Gasteiger partial charge in [0, 0.05) is 39.7 Å². The molecule has 0 aromatic rings. The summed E-state index contributed by atoms with van der Waals surface area (Å²) in [6.07, 6.45) is -0.694. The summed E-state index contributed by atoms with van der Waals surface area (Å²) in [5, 5.41) is 34.8. The summed E-state index contributed by atoms with van der Waals surface area (Å²) >= 11 is 6.93. The van der Waals surface area contributed by atoms with Gasteiger partial charge in [0.2, 0.25) is 0 Å². The first kappa shape index (κ1) is 32.9. The van der Waals surface area contributed by atoms with Crippen LogP contribution in [0.3, 0.4) is 0 Å². The lowest BCUT2D eigenvalue weighted by atomic mass is 10.1. The van der Waals surface area contributed by atoms with Crippen molar-refractivity contribution in [1.29, 1.82) is 0 Å². The first-order chi connectivity index (χ1) is 16.6. The van der Waals surface area contributed by atoms with Crippen molar-refractivity contribution in [3.8, 4) is 0 Å². The number of alkyl halides is 1. The number of hydrogen-bond acceptors (Lipinski definition) is 9. The second kappa shape index (κ2) is 16.7. The van der Waals surface area contributed by atoms with E-state index >= 15 is 0 Å². The minimum atomic E-state index is -0.962. The van der Waals surface area contributed by atoms with E-state index in [-0.39, 0.29) is 31.4 Å². The Morgan fingerprint density at radius 3 is 2.46 bits per heavy atom. The van der Waals surface area contributed by atoms with Crippen LogP contribution in [-0.4, -0.2) is 139 Å². The van der Waals surface area contributed by atoms with E-state index in [0.717, 1.165) is 19.5 Å². The Kier molecular flexibility index (Phi) is 15.7. The number of hydrogen-bond donors (Lipinski definition) is 5. The number of rotatable bonds is 18. The summed E-state index contributed by atoms with van der Waals surface area (Å²) in [6.45, 7) is 14.9. The zero-order valence-electron chi connectivity index (χ0n) is 22.5. The molecule has 5 unspecified atom stereocenters. The maximum atomic E-state index is 11.2. The lowest BCUT2D eigenvalue weighted by Gasteiger charge is -2.49. The zero-order chi connectivity index (χ0) is 26.5. The highest BCUT2D eigenvalue weighted by molar-refractivity contribution is 6.19. The van der Waals surface area contributed by atoms with Gasteiger partial charge in [-0.15, -0.1) is 0 Å². The molecule has 0 aromatic heterocycles. The van der Waals surface area contributed by atoms with Gasteiger partial charge >= 0.3 is 0 Å². The Labute approximate surface area is 217 Å². The molecule has 1 aliphatic rings. The third kappa shape index (κ3) is 10.3. The van der Waals surface area contributed by atoms with E-state index < -0.39 is 24.0 Å². The lowest BCUT2D eigenvalue weighted by Crippen LogP contribution is -2.68. The van der Waals surface area contributed by atoms with Crippen LogP contribution >= 0.6 is 11.6 Å². The van der Waals surface area contributed by atoms with Crippen LogP contribution in [0.4, 0.5) is 0 Å². The fourth-order valence-electron chi connectivity index (χ4n) is 4.72. The van der Waals surface area contributed by atoms with Crippen LogP contribution in [0.25, 0.3) is 0 Å². The van der Waals surface area contributed by atoms with Gasteiger partial charge in [-0.05, 0) is 33.7 Å². The zero-order valence-corrected chi connectivity index (χ0v) is 23.3. The van der Waals surface area contributed by atoms with Crippen molar-refractivity contribution in [1.82, 2.24) is 10.2 Å². The second-order valence-corrected chi connectivity index (χ2v) is 10.5. The number of nitrogens with two attached hydrogens (primary N) is 1. The molecule has 6 N–H and O–H groups in total. The molecule has 0 aliphatic carbocycles. The number of aliphatic hydroxyl groups excluding tert-OH is 3. The summed E-state index contributed by atoms with van der Waals surface area (Å²) in [7, 11) is 0. The lowest BCUT2D eigenvalue weighted by molar-refractivity contribution is -0.962. The molecule has 0 amide bonds. The molecular weight excluding hydrogens is 476 g/mol. The highest BCUT2D eigenvalue weighted by atomic mass is 35.5. The SMILES string of the molecule is CCCNCC[N+](CCN(CCN)C(COCC)C(O)CO)(C(C)Cl)C1COC(C)(C)OC[C@H]1O. The number of nitrogens with zero attached hydrogens (tertiary/aromatic N) is 2. The molecule has 0 bridgehead atoms. The quantitative estimate of drug-likeness (QED) is 0.0719. The Hall–Kier alpha value is -0.110. The maximum Gasteiger partial charge on any atom is 0.163 e. The molecule has 1 heterocycles. The molecule has 0 spiro atoms. The second-order valence-electron chi connectivity index (χ2n) is 9.83. The molecule has 35 heavy (non-hydrogen) atoms. The van der Waals surface area contributed by atoms with E-state index in [4.69, 9.17) is 31.5 Å². The summed E-state index contributed by atoms with van der Waals surface area (Å²) < 4.78 is 17.9. The molecule has 1 rings (SSSR count). The molecule has 11 heteroatoms. The Bertz CT molecular complexity index is 562. The van der Waals surface area contributed by atoms with Crippen molar-refractivity contribution in [3.05, 3.63) is 0 Å². The Morgan fingerprint density at radius 1 is 1.20 bits per heavy atom. The molecule has 0 saturated carbocycles. The Morgan fingerprint density at radius 2 is 1.89 bits per heavy atom. The predicted molar refractivity (Wildman–Crippen MR) is 138 cm³/mol. The van der Waals surface area contributed by atoms with Gasteiger partial charge in [-0.2, -0.15) is 0 Å². The molecule has 0 radical (unpaired) electrons. The molecule has 1 saturated heterocycles. The molecule has 1 fully saturated rings. The van der Waals surface area contributed by atoms with E-state index in [1.54, 1.807) is 0 Å². The van der Waals surface area contributed by atoms with Gasteiger partial charge in [0.15, 0.2) is 11.3 Å². The number of halogens is 1. The van der Waals surface area contributed by atoms with Crippen molar-refractivity contribution in [2.24, 2.45) is 5.73 Å². The largest absolute Gasteiger partial charge is 0.394 e. The van der Waals surface area contributed by atoms with Crippen molar-refractivity contribution in [2.45, 2.75) is 76.6 Å². The van der Waals surface area contributed by atoms with Gasteiger partial charge in [-0.25, -0.2) is 0 Å². The van der Waals surface area contributed by atoms with Gasteiger partial charge in [-0.1, -0.05) is 18.5 Å². The number of quaternary nitrogens is 1. The van der Waals surface area contributed by atoms with Crippen LogP contribution in [0.5, 0.6) is 0 Å². The van der Waals surface area contributed by atoms with Crippen LogP contribution in [0, 0.1) is 0 Å². The van der Waals surface area contributed by atoms with Crippen molar-refractivity contribution in [2.75, 3.05) is 78.8 Å². The van der Waals surface area contributed by atoms with Gasteiger partial charge in [-0.3, -0.25) is 4.90 Å². The molecule has 6 atom stereocenters. The first-order valence-corrected chi connectivity index (χ1v) is 13.5. The van der Waals surface area contributed by atoms with Crippen LogP contribution < -0.4 is 11.1 Å². The summed E-state index contributed by atoms with van der Waals surface area (Å²) in [5.41, 5.74) is 5.60. The van der Waals surface area contributed by atoms with E-state index in [0.29, 0.717) is 50.4 Å². The van der Waals surface area contributed by atoms with E-state index in [1.165, 1.54) is 0 Å². The molecule has 10 nitrogen and oxygen atoms in total. The summed E-state index contributed by atoms with van der Waals surface area (Å²) in [6, 6.07) is -0.715. The predicted octanol–water partition coefficient (Wildman–Crippen LogP) is -0.0810. The smallest absolute Gasteiger partial charge is 0.163 e. The first-order valence-electron chi connectivity index (χ1n) is 13.1. The van der Waals surface area contributed by atoms with Gasteiger partial charge in [0.05, 0.1) is 45.1 Å². The van der Waals surface area contributed by atoms with Crippen LogP contribution in [0.1, 0.15) is 41.0 Å². The third-order valence-corrected chi connectivity index (χ3v) is 7.35. The number of ether oxygens (including phenoxy) is 3. The summed E-state index contributed by atoms with van der Waals surface area (Å²) in [4.78, 5) is 2.06. The molecule has 0 aromatic carbocycles. The van der Waals surface area contributed by atoms with Gasteiger partial charge < -0.3 is 45.1 Å². The number of aliphatic hydroxyl groups is 3. The minimum absolute atomic E-state index is 0.159. The van der Waals surface area contributed by atoms with Crippen molar-refractivity contribution >= 4 is 11.6 Å². The average molecular weight is 528 g/mol. The van der Waals surface area contributed by atoms with Crippen LogP contribution in [0.2, 0.25) is 0 Å². The van der Waals surface area contributed by atoms with Crippen molar-refractivity contribution in [3.63, 3.8) is 0 Å². The standard InChI is InChI=1S/C24H52ClN4O6/c1-6-9-27-10-13-29(19(3)25,21-17-34-24(4,5)35-18-23(21)32)14-12-28(11-8-26)20(16-33-7-2)22(31)15-30/h19-23,27,30-32H,6-18,26H2,1-5H3/q+1/t19?,20?,21?,22?,23-,29?/m1/s1. The van der Waals surface area contributed by atoms with E-state index in [9.17, 15) is 15.3 Å². The van der Waals surface area contributed by atoms with Crippen molar-refractivity contribution < 1.29 is 34.0 Å².